The van der Waals surface area contributed by atoms with E-state index in [-0.39, 0.29) is 18.1 Å². The second kappa shape index (κ2) is 7.32. The van der Waals surface area contributed by atoms with Gasteiger partial charge in [-0.3, -0.25) is 9.69 Å². The van der Waals surface area contributed by atoms with Gasteiger partial charge in [-0.2, -0.15) is 0 Å². The van der Waals surface area contributed by atoms with Gasteiger partial charge < -0.3 is 19.7 Å². The first kappa shape index (κ1) is 16.8. The van der Waals surface area contributed by atoms with Crippen LogP contribution in [0.2, 0.25) is 0 Å². The van der Waals surface area contributed by atoms with Crippen molar-refractivity contribution >= 4 is 11.6 Å². The predicted molar refractivity (Wildman–Crippen MR) is 96.1 cm³/mol. The molecule has 3 aliphatic heterocycles. The molecule has 1 aromatic carbocycles. The first-order chi connectivity index (χ1) is 12.2. The van der Waals surface area contributed by atoms with Crippen LogP contribution >= 0.6 is 0 Å². The highest BCUT2D eigenvalue weighted by Crippen LogP contribution is 2.25. The topological polar surface area (TPSA) is 54.0 Å². The molecule has 3 heterocycles. The number of fused-ring (bicyclic) bond motifs is 1. The zero-order valence-electron chi connectivity index (χ0n) is 14.8. The molecule has 0 aromatic heterocycles. The zero-order valence-corrected chi connectivity index (χ0v) is 14.8. The number of morpholine rings is 2. The molecule has 136 valence electrons. The van der Waals surface area contributed by atoms with E-state index in [2.05, 4.69) is 22.0 Å². The molecule has 3 aliphatic rings. The maximum absolute atomic E-state index is 12.9. The van der Waals surface area contributed by atoms with E-state index in [0.29, 0.717) is 19.3 Å². The molecule has 6 nitrogen and oxygen atoms in total. The summed E-state index contributed by atoms with van der Waals surface area (Å²) in [4.78, 5) is 17.6. The maximum atomic E-state index is 12.9. The van der Waals surface area contributed by atoms with Crippen molar-refractivity contribution in [2.45, 2.75) is 31.5 Å². The van der Waals surface area contributed by atoms with Crippen molar-refractivity contribution in [3.05, 3.63) is 29.8 Å². The molecule has 25 heavy (non-hydrogen) atoms. The Labute approximate surface area is 149 Å². The molecule has 0 aliphatic carbocycles. The van der Waals surface area contributed by atoms with Gasteiger partial charge in [0.1, 0.15) is 0 Å². The summed E-state index contributed by atoms with van der Waals surface area (Å²) in [6.07, 6.45) is 1.26. The van der Waals surface area contributed by atoms with E-state index < -0.39 is 0 Å². The zero-order chi connectivity index (χ0) is 17.2. The fraction of sp³-hybridized carbons (Fsp3) is 0.632. The normalized spacial score (nSPS) is 30.1. The molecule has 0 spiro atoms. The van der Waals surface area contributed by atoms with E-state index in [1.165, 1.54) is 0 Å². The van der Waals surface area contributed by atoms with Crippen molar-refractivity contribution in [2.24, 2.45) is 0 Å². The summed E-state index contributed by atoms with van der Waals surface area (Å²) in [6, 6.07) is 8.53. The van der Waals surface area contributed by atoms with Crippen molar-refractivity contribution in [3.8, 4) is 0 Å². The molecule has 1 amide bonds. The lowest BCUT2D eigenvalue weighted by atomic mass is 10.1. The van der Waals surface area contributed by atoms with Gasteiger partial charge in [-0.05, 0) is 25.5 Å². The van der Waals surface area contributed by atoms with Crippen LogP contribution in [0, 0.1) is 0 Å². The largest absolute Gasteiger partial charge is 0.378 e. The Bertz CT molecular complexity index is 618. The highest BCUT2D eigenvalue weighted by molar-refractivity contribution is 6.00. The number of hydrogen-bond acceptors (Lipinski definition) is 5. The van der Waals surface area contributed by atoms with Gasteiger partial charge in [-0.15, -0.1) is 0 Å². The highest BCUT2D eigenvalue weighted by Gasteiger charge is 2.37. The minimum Gasteiger partial charge on any atom is -0.378 e. The molecule has 0 saturated carbocycles. The number of hydrogen-bond donors (Lipinski definition) is 1. The predicted octanol–water partition coefficient (Wildman–Crippen LogP) is 1.11. The van der Waals surface area contributed by atoms with Crippen LogP contribution in [-0.2, 0) is 9.47 Å². The Hall–Kier alpha value is -1.63. The Kier molecular flexibility index (Phi) is 4.92. The number of amides is 1. The average Bonchev–Trinajstić information content (AvgIpc) is 3.03. The van der Waals surface area contributed by atoms with Crippen LogP contribution in [0.25, 0.3) is 0 Å². The highest BCUT2D eigenvalue weighted by atomic mass is 16.5. The van der Waals surface area contributed by atoms with E-state index >= 15 is 0 Å². The summed E-state index contributed by atoms with van der Waals surface area (Å²) < 4.78 is 11.2. The first-order valence-electron chi connectivity index (χ1n) is 9.29. The molecular formula is C19H27N3O3. The lowest BCUT2D eigenvalue weighted by Gasteiger charge is -2.33. The van der Waals surface area contributed by atoms with Gasteiger partial charge >= 0.3 is 0 Å². The monoisotopic (exact) mass is 345 g/mol. The van der Waals surface area contributed by atoms with Crippen LogP contribution in [0.1, 0.15) is 23.7 Å². The summed E-state index contributed by atoms with van der Waals surface area (Å²) in [6.45, 7) is 7.86. The molecule has 1 aromatic rings. The molecule has 0 bridgehead atoms. The van der Waals surface area contributed by atoms with Crippen LogP contribution in [-0.4, -0.2) is 75.0 Å². The molecule has 0 unspecified atom stereocenters. The Morgan fingerprint density at radius 2 is 2.00 bits per heavy atom. The number of carbonyl (C=O) groups is 1. The molecular weight excluding hydrogens is 318 g/mol. The Balaban J connectivity index is 1.43. The van der Waals surface area contributed by atoms with E-state index in [1.54, 1.807) is 0 Å². The number of nitrogens with zero attached hydrogens (tertiary/aromatic N) is 2. The van der Waals surface area contributed by atoms with Crippen LogP contribution in [0.15, 0.2) is 24.3 Å². The molecule has 6 heteroatoms. The average molecular weight is 345 g/mol. The minimum atomic E-state index is 0.0286. The van der Waals surface area contributed by atoms with Crippen LogP contribution in [0.4, 0.5) is 5.69 Å². The number of nitrogens with one attached hydrogen (secondary N) is 1. The van der Waals surface area contributed by atoms with Gasteiger partial charge in [0.25, 0.3) is 5.91 Å². The lowest BCUT2D eigenvalue weighted by molar-refractivity contribution is -0.0390. The summed E-state index contributed by atoms with van der Waals surface area (Å²) >= 11 is 0. The quantitative estimate of drug-likeness (QED) is 0.890. The summed E-state index contributed by atoms with van der Waals surface area (Å²) in [5, 5.41) is 3.25. The number of ether oxygens (including phenoxy) is 2. The van der Waals surface area contributed by atoms with Crippen LogP contribution in [0.5, 0.6) is 0 Å². The third kappa shape index (κ3) is 3.66. The van der Waals surface area contributed by atoms with E-state index in [0.717, 1.165) is 50.5 Å². The Morgan fingerprint density at radius 1 is 1.20 bits per heavy atom. The third-order valence-corrected chi connectivity index (χ3v) is 5.43. The van der Waals surface area contributed by atoms with Crippen molar-refractivity contribution < 1.29 is 14.3 Å². The number of benzene rings is 1. The molecule has 1 N–H and O–H groups in total. The fourth-order valence-electron chi connectivity index (χ4n) is 4.15. The van der Waals surface area contributed by atoms with Gasteiger partial charge in [0.2, 0.25) is 0 Å². The second-order valence-electron chi connectivity index (χ2n) is 7.27. The van der Waals surface area contributed by atoms with Gasteiger partial charge in [-0.25, -0.2) is 0 Å². The minimum absolute atomic E-state index is 0.0286. The van der Waals surface area contributed by atoms with Gasteiger partial charge in [0.05, 0.1) is 31.5 Å². The van der Waals surface area contributed by atoms with Crippen LogP contribution in [0.3, 0.4) is 0 Å². The van der Waals surface area contributed by atoms with Crippen LogP contribution < -0.4 is 10.2 Å². The number of rotatable bonds is 3. The summed E-state index contributed by atoms with van der Waals surface area (Å²) in [5.41, 5.74) is 1.77. The fourth-order valence-corrected chi connectivity index (χ4v) is 4.15. The summed E-state index contributed by atoms with van der Waals surface area (Å²) in [5.74, 6) is 0.0286. The van der Waals surface area contributed by atoms with E-state index in [4.69, 9.17) is 9.47 Å². The van der Waals surface area contributed by atoms with Crippen molar-refractivity contribution in [1.82, 2.24) is 10.2 Å². The van der Waals surface area contributed by atoms with Crippen molar-refractivity contribution in [2.75, 3.05) is 50.9 Å². The molecule has 4 rings (SSSR count). The van der Waals surface area contributed by atoms with E-state index in [1.807, 2.05) is 24.3 Å². The van der Waals surface area contributed by atoms with Gasteiger partial charge in [-0.1, -0.05) is 12.1 Å². The van der Waals surface area contributed by atoms with Crippen molar-refractivity contribution in [3.63, 3.8) is 0 Å². The first-order valence-corrected chi connectivity index (χ1v) is 9.29. The number of anilines is 1. The molecule has 3 saturated heterocycles. The standard InChI is InChI=1S/C19H27N3O3/c1-14-11-22-12-15(10-16(22)13-25-14)20-19(23)17-4-2-3-5-18(17)21-6-8-24-9-7-21/h2-5,14-16H,6-13H2,1H3,(H,20,23)/t14-,15-,16-/m0/s1. The molecule has 3 fully saturated rings. The molecule has 3 atom stereocenters. The third-order valence-electron chi connectivity index (χ3n) is 5.43. The SMILES string of the molecule is C[C@H]1CN2C[C@@H](NC(=O)c3ccccc3N3CCOCC3)C[C@H]2CO1. The second-order valence-corrected chi connectivity index (χ2v) is 7.27. The van der Waals surface area contributed by atoms with Gasteiger partial charge in [0, 0.05) is 44.0 Å². The summed E-state index contributed by atoms with van der Waals surface area (Å²) in [7, 11) is 0. The van der Waals surface area contributed by atoms with E-state index in [9.17, 15) is 4.79 Å². The maximum Gasteiger partial charge on any atom is 0.253 e. The number of carbonyl (C=O) groups excluding carboxylic acids is 1. The smallest absolute Gasteiger partial charge is 0.253 e. The van der Waals surface area contributed by atoms with Gasteiger partial charge in [0.15, 0.2) is 0 Å². The number of para-hydroxylation sites is 1. The lowest BCUT2D eigenvalue weighted by Crippen LogP contribution is -2.45. The molecule has 0 radical (unpaired) electrons. The van der Waals surface area contributed by atoms with Crippen molar-refractivity contribution in [1.29, 1.82) is 0 Å². The Morgan fingerprint density at radius 3 is 2.84 bits per heavy atom.